The molecule has 2 aromatic carbocycles. The molecule has 0 amide bonds. The van der Waals surface area contributed by atoms with Crippen molar-refractivity contribution < 1.29 is 5.11 Å². The van der Waals surface area contributed by atoms with E-state index in [1.165, 1.54) is 11.1 Å². The molecule has 1 N–H and O–H groups in total. The Labute approximate surface area is 113 Å². The van der Waals surface area contributed by atoms with E-state index in [0.29, 0.717) is 0 Å². The van der Waals surface area contributed by atoms with Crippen LogP contribution in [-0.2, 0) is 6.42 Å². The van der Waals surface area contributed by atoms with Gasteiger partial charge in [0.15, 0.2) is 0 Å². The molecule has 18 heavy (non-hydrogen) atoms. The van der Waals surface area contributed by atoms with Gasteiger partial charge < -0.3 is 5.11 Å². The first-order valence-electron chi connectivity index (χ1n) is 6.11. The van der Waals surface area contributed by atoms with Crippen LogP contribution in [0.4, 0.5) is 0 Å². The van der Waals surface area contributed by atoms with E-state index in [9.17, 15) is 5.11 Å². The maximum absolute atomic E-state index is 9.58. The van der Waals surface area contributed by atoms with Gasteiger partial charge in [0, 0.05) is 10.9 Å². The van der Waals surface area contributed by atoms with Crippen LogP contribution in [0.1, 0.15) is 22.6 Å². The lowest BCUT2D eigenvalue weighted by atomic mass is 9.91. The fourth-order valence-corrected chi connectivity index (χ4v) is 2.35. The van der Waals surface area contributed by atoms with E-state index in [1.807, 2.05) is 36.4 Å². The van der Waals surface area contributed by atoms with Crippen LogP contribution in [-0.4, -0.2) is 11.7 Å². The number of aryl methyl sites for hydroxylation is 1. The van der Waals surface area contributed by atoms with Gasteiger partial charge in [-0.15, -0.1) is 0 Å². The third-order valence-corrected chi connectivity index (χ3v) is 3.50. The zero-order chi connectivity index (χ0) is 13.0. The third kappa shape index (κ3) is 3.12. The molecule has 1 nitrogen and oxygen atoms in total. The maximum atomic E-state index is 9.58. The molecule has 0 heterocycles. The summed E-state index contributed by atoms with van der Waals surface area (Å²) in [6, 6.07) is 16.0. The van der Waals surface area contributed by atoms with Gasteiger partial charge in [-0.2, -0.15) is 0 Å². The zero-order valence-electron chi connectivity index (χ0n) is 10.4. The molecular weight excluding hydrogens is 244 g/mol. The van der Waals surface area contributed by atoms with Crippen molar-refractivity contribution >= 4 is 11.6 Å². The van der Waals surface area contributed by atoms with E-state index < -0.39 is 0 Å². The second-order valence-electron chi connectivity index (χ2n) is 4.57. The topological polar surface area (TPSA) is 20.2 Å². The van der Waals surface area contributed by atoms with Crippen molar-refractivity contribution in [3.8, 4) is 0 Å². The van der Waals surface area contributed by atoms with Crippen LogP contribution in [0.15, 0.2) is 48.5 Å². The van der Waals surface area contributed by atoms with Crippen molar-refractivity contribution in [3.05, 3.63) is 70.2 Å². The fraction of sp³-hybridized carbons (Fsp3) is 0.250. The minimum Gasteiger partial charge on any atom is -0.396 e. The summed E-state index contributed by atoms with van der Waals surface area (Å²) in [5, 5.41) is 10.3. The number of hydrogen-bond acceptors (Lipinski definition) is 1. The van der Waals surface area contributed by atoms with E-state index in [2.05, 4.69) is 19.1 Å². The molecule has 0 saturated heterocycles. The highest BCUT2D eigenvalue weighted by Crippen LogP contribution is 2.24. The molecule has 2 aromatic rings. The standard InChI is InChI=1S/C16H17ClO/c1-12-5-2-3-6-13(12)9-15(11-18)14-7-4-8-16(17)10-14/h2-8,10,15,18H,9,11H2,1H3. The lowest BCUT2D eigenvalue weighted by Crippen LogP contribution is -2.08. The van der Waals surface area contributed by atoms with Crippen LogP contribution in [0.25, 0.3) is 0 Å². The Morgan fingerprint density at radius 2 is 1.89 bits per heavy atom. The third-order valence-electron chi connectivity index (χ3n) is 3.27. The minimum absolute atomic E-state index is 0.102. The van der Waals surface area contributed by atoms with E-state index in [-0.39, 0.29) is 12.5 Å². The molecule has 94 valence electrons. The molecule has 0 aliphatic heterocycles. The largest absolute Gasteiger partial charge is 0.396 e. The van der Waals surface area contributed by atoms with Crippen LogP contribution < -0.4 is 0 Å². The second-order valence-corrected chi connectivity index (χ2v) is 5.00. The van der Waals surface area contributed by atoms with E-state index in [1.54, 1.807) is 0 Å². The molecule has 0 fully saturated rings. The predicted octanol–water partition coefficient (Wildman–Crippen LogP) is 3.97. The van der Waals surface area contributed by atoms with Crippen LogP contribution in [0, 0.1) is 6.92 Å². The average Bonchev–Trinajstić information content (AvgIpc) is 2.38. The number of aliphatic hydroxyl groups is 1. The SMILES string of the molecule is Cc1ccccc1CC(CO)c1cccc(Cl)c1. The van der Waals surface area contributed by atoms with Gasteiger partial charge in [0.1, 0.15) is 0 Å². The molecule has 2 rings (SSSR count). The van der Waals surface area contributed by atoms with Gasteiger partial charge in [0.2, 0.25) is 0 Å². The summed E-state index contributed by atoms with van der Waals surface area (Å²) in [5.41, 5.74) is 3.63. The summed E-state index contributed by atoms with van der Waals surface area (Å²) < 4.78 is 0. The van der Waals surface area contributed by atoms with E-state index >= 15 is 0 Å². The van der Waals surface area contributed by atoms with Gasteiger partial charge in [-0.1, -0.05) is 48.0 Å². The Morgan fingerprint density at radius 1 is 1.11 bits per heavy atom. The second kappa shape index (κ2) is 6.03. The summed E-state index contributed by atoms with van der Waals surface area (Å²) in [7, 11) is 0. The van der Waals surface area contributed by atoms with Crippen molar-refractivity contribution in [2.45, 2.75) is 19.3 Å². The Bertz CT molecular complexity index is 522. The van der Waals surface area contributed by atoms with Crippen molar-refractivity contribution in [1.82, 2.24) is 0 Å². The Morgan fingerprint density at radius 3 is 2.56 bits per heavy atom. The first kappa shape index (κ1) is 13.1. The highest BCUT2D eigenvalue weighted by atomic mass is 35.5. The molecule has 1 atom stereocenters. The maximum Gasteiger partial charge on any atom is 0.0502 e. The Kier molecular flexibility index (Phi) is 4.40. The molecule has 0 bridgehead atoms. The van der Waals surface area contributed by atoms with Gasteiger partial charge in [0.25, 0.3) is 0 Å². The lowest BCUT2D eigenvalue weighted by Gasteiger charge is -2.16. The quantitative estimate of drug-likeness (QED) is 0.882. The molecule has 0 aromatic heterocycles. The minimum atomic E-state index is 0.102. The lowest BCUT2D eigenvalue weighted by molar-refractivity contribution is 0.264. The first-order valence-corrected chi connectivity index (χ1v) is 6.49. The van der Waals surface area contributed by atoms with Crippen LogP contribution in [0.5, 0.6) is 0 Å². The van der Waals surface area contributed by atoms with Gasteiger partial charge in [0.05, 0.1) is 6.61 Å². The first-order chi connectivity index (χ1) is 8.70. The predicted molar refractivity (Wildman–Crippen MR) is 76.2 cm³/mol. The van der Waals surface area contributed by atoms with Crippen molar-refractivity contribution in [3.63, 3.8) is 0 Å². The molecule has 2 heteroatoms. The summed E-state index contributed by atoms with van der Waals surface area (Å²) in [5.74, 6) is 0.102. The number of halogens is 1. The van der Waals surface area contributed by atoms with Crippen LogP contribution in [0.3, 0.4) is 0 Å². The van der Waals surface area contributed by atoms with Gasteiger partial charge in [-0.25, -0.2) is 0 Å². The van der Waals surface area contributed by atoms with Crippen LogP contribution >= 0.6 is 11.6 Å². The number of hydrogen-bond donors (Lipinski definition) is 1. The Balaban J connectivity index is 2.23. The van der Waals surface area contributed by atoms with Crippen molar-refractivity contribution in [2.75, 3.05) is 6.61 Å². The van der Waals surface area contributed by atoms with E-state index in [0.717, 1.165) is 17.0 Å². The zero-order valence-corrected chi connectivity index (χ0v) is 11.2. The highest BCUT2D eigenvalue weighted by Gasteiger charge is 2.12. The monoisotopic (exact) mass is 260 g/mol. The number of aliphatic hydroxyl groups excluding tert-OH is 1. The average molecular weight is 261 g/mol. The molecule has 0 aliphatic carbocycles. The number of rotatable bonds is 4. The molecule has 0 radical (unpaired) electrons. The summed E-state index contributed by atoms with van der Waals surface area (Å²) in [6.07, 6.45) is 0.837. The molecule has 1 unspecified atom stereocenters. The van der Waals surface area contributed by atoms with Crippen molar-refractivity contribution in [2.24, 2.45) is 0 Å². The highest BCUT2D eigenvalue weighted by molar-refractivity contribution is 6.30. The van der Waals surface area contributed by atoms with Crippen molar-refractivity contribution in [1.29, 1.82) is 0 Å². The normalized spacial score (nSPS) is 12.4. The van der Waals surface area contributed by atoms with Gasteiger partial charge >= 0.3 is 0 Å². The molecule has 0 spiro atoms. The fourth-order valence-electron chi connectivity index (χ4n) is 2.15. The molecule has 0 aliphatic rings. The summed E-state index contributed by atoms with van der Waals surface area (Å²) in [6.45, 7) is 2.23. The van der Waals surface area contributed by atoms with Gasteiger partial charge in [-0.05, 0) is 42.2 Å². The summed E-state index contributed by atoms with van der Waals surface area (Å²) in [4.78, 5) is 0. The number of benzene rings is 2. The molecule has 0 saturated carbocycles. The molecular formula is C16H17ClO. The van der Waals surface area contributed by atoms with Crippen LogP contribution in [0.2, 0.25) is 5.02 Å². The summed E-state index contributed by atoms with van der Waals surface area (Å²) >= 11 is 6.00. The smallest absolute Gasteiger partial charge is 0.0502 e. The van der Waals surface area contributed by atoms with Gasteiger partial charge in [-0.3, -0.25) is 0 Å². The Hall–Kier alpha value is -1.31. The van der Waals surface area contributed by atoms with E-state index in [4.69, 9.17) is 11.6 Å².